The minimum absolute atomic E-state index is 0.0926. The van der Waals surface area contributed by atoms with Crippen molar-refractivity contribution < 1.29 is 14.3 Å². The van der Waals surface area contributed by atoms with Gasteiger partial charge in [-0.1, -0.05) is 13.8 Å². The summed E-state index contributed by atoms with van der Waals surface area (Å²) < 4.78 is 10.2. The van der Waals surface area contributed by atoms with E-state index in [0.717, 1.165) is 13.0 Å². The summed E-state index contributed by atoms with van der Waals surface area (Å²) in [5.41, 5.74) is 0. The van der Waals surface area contributed by atoms with Crippen molar-refractivity contribution in [2.24, 2.45) is 5.92 Å². The summed E-state index contributed by atoms with van der Waals surface area (Å²) in [5, 5.41) is 2.73. The second kappa shape index (κ2) is 8.68. The highest BCUT2D eigenvalue weighted by molar-refractivity contribution is 5.80. The van der Waals surface area contributed by atoms with Gasteiger partial charge < -0.3 is 14.8 Å². The molecule has 0 aliphatic rings. The molecule has 0 radical (unpaired) electrons. The average molecular weight is 217 g/mol. The van der Waals surface area contributed by atoms with Crippen molar-refractivity contribution in [2.75, 3.05) is 26.9 Å². The summed E-state index contributed by atoms with van der Waals surface area (Å²) in [4.78, 5) is 11.2. The molecule has 0 bridgehead atoms. The highest BCUT2D eigenvalue weighted by Crippen LogP contribution is 1.98. The summed E-state index contributed by atoms with van der Waals surface area (Å²) in [6.45, 7) is 7.90. The van der Waals surface area contributed by atoms with Gasteiger partial charge in [0.1, 0.15) is 6.10 Å². The molecule has 1 amide bonds. The molecule has 90 valence electrons. The number of ether oxygens (including phenoxy) is 2. The molecule has 4 nitrogen and oxygen atoms in total. The summed E-state index contributed by atoms with van der Waals surface area (Å²) in [7, 11) is 1.52. The van der Waals surface area contributed by atoms with Crippen LogP contribution in [0.25, 0.3) is 0 Å². The highest BCUT2D eigenvalue weighted by atomic mass is 16.5. The van der Waals surface area contributed by atoms with E-state index >= 15 is 0 Å². The van der Waals surface area contributed by atoms with Crippen LogP contribution in [0.4, 0.5) is 0 Å². The lowest BCUT2D eigenvalue weighted by Gasteiger charge is -2.10. The lowest BCUT2D eigenvalue weighted by molar-refractivity contribution is -0.130. The van der Waals surface area contributed by atoms with Crippen LogP contribution in [0.3, 0.4) is 0 Å². The molecule has 1 atom stereocenters. The maximum atomic E-state index is 11.2. The zero-order valence-corrected chi connectivity index (χ0v) is 10.2. The Morgan fingerprint density at radius 3 is 2.47 bits per heavy atom. The standard InChI is InChI=1S/C11H23NO3/c1-9(2)5-7-15-8-6-12-11(13)10(3)14-4/h9-10H,5-8H2,1-4H3,(H,12,13). The molecule has 1 unspecified atom stereocenters. The molecule has 0 aliphatic heterocycles. The maximum Gasteiger partial charge on any atom is 0.248 e. The van der Waals surface area contributed by atoms with E-state index in [1.54, 1.807) is 6.92 Å². The van der Waals surface area contributed by atoms with E-state index in [0.29, 0.717) is 19.1 Å². The van der Waals surface area contributed by atoms with Gasteiger partial charge in [0.15, 0.2) is 0 Å². The number of hydrogen-bond donors (Lipinski definition) is 1. The van der Waals surface area contributed by atoms with Gasteiger partial charge in [0.2, 0.25) is 5.91 Å². The fourth-order valence-electron chi connectivity index (χ4n) is 0.918. The quantitative estimate of drug-likeness (QED) is 0.621. The van der Waals surface area contributed by atoms with Crippen molar-refractivity contribution in [1.82, 2.24) is 5.32 Å². The Balaban J connectivity index is 3.27. The molecule has 0 aromatic rings. The van der Waals surface area contributed by atoms with E-state index < -0.39 is 0 Å². The third-order valence-electron chi connectivity index (χ3n) is 2.11. The van der Waals surface area contributed by atoms with Crippen LogP contribution < -0.4 is 5.32 Å². The minimum atomic E-state index is -0.388. The number of methoxy groups -OCH3 is 1. The Bertz CT molecular complexity index is 171. The predicted octanol–water partition coefficient (Wildman–Crippen LogP) is 1.20. The molecule has 1 N–H and O–H groups in total. The van der Waals surface area contributed by atoms with Gasteiger partial charge in [-0.3, -0.25) is 4.79 Å². The Labute approximate surface area is 92.3 Å². The number of rotatable bonds is 8. The van der Waals surface area contributed by atoms with E-state index in [-0.39, 0.29) is 12.0 Å². The van der Waals surface area contributed by atoms with Crippen LogP contribution in [0.1, 0.15) is 27.2 Å². The summed E-state index contributed by atoms with van der Waals surface area (Å²) in [5.74, 6) is 0.568. The molecule has 0 saturated carbocycles. The molecule has 0 rings (SSSR count). The molecule has 15 heavy (non-hydrogen) atoms. The Morgan fingerprint density at radius 2 is 1.93 bits per heavy atom. The molecule has 0 aromatic heterocycles. The van der Waals surface area contributed by atoms with Crippen LogP contribution in [-0.4, -0.2) is 38.9 Å². The van der Waals surface area contributed by atoms with Crippen molar-refractivity contribution in [3.05, 3.63) is 0 Å². The van der Waals surface area contributed by atoms with Crippen molar-refractivity contribution in [3.63, 3.8) is 0 Å². The van der Waals surface area contributed by atoms with Crippen LogP contribution in [-0.2, 0) is 14.3 Å². The van der Waals surface area contributed by atoms with Crippen LogP contribution in [0.2, 0.25) is 0 Å². The lowest BCUT2D eigenvalue weighted by Crippen LogP contribution is -2.35. The SMILES string of the molecule is COC(C)C(=O)NCCOCCC(C)C. The van der Waals surface area contributed by atoms with Crippen LogP contribution in [0.5, 0.6) is 0 Å². The lowest BCUT2D eigenvalue weighted by atomic mass is 10.1. The van der Waals surface area contributed by atoms with Gasteiger partial charge in [-0.2, -0.15) is 0 Å². The van der Waals surface area contributed by atoms with Crippen LogP contribution >= 0.6 is 0 Å². The number of nitrogens with one attached hydrogen (secondary N) is 1. The first-order valence-corrected chi connectivity index (χ1v) is 5.46. The molecule has 0 spiro atoms. The zero-order chi connectivity index (χ0) is 11.7. The molecule has 0 aliphatic carbocycles. The molecular weight excluding hydrogens is 194 g/mol. The Hall–Kier alpha value is -0.610. The topological polar surface area (TPSA) is 47.6 Å². The van der Waals surface area contributed by atoms with E-state index in [2.05, 4.69) is 19.2 Å². The third kappa shape index (κ3) is 8.39. The maximum absolute atomic E-state index is 11.2. The molecule has 0 aromatic carbocycles. The van der Waals surface area contributed by atoms with Gasteiger partial charge in [-0.25, -0.2) is 0 Å². The second-order valence-corrected chi connectivity index (χ2v) is 3.96. The van der Waals surface area contributed by atoms with Crippen molar-refractivity contribution >= 4 is 5.91 Å². The number of carbonyl (C=O) groups excluding carboxylic acids is 1. The fraction of sp³-hybridized carbons (Fsp3) is 0.909. The van der Waals surface area contributed by atoms with Gasteiger partial charge in [0.25, 0.3) is 0 Å². The molecule has 0 saturated heterocycles. The van der Waals surface area contributed by atoms with Crippen molar-refractivity contribution in [2.45, 2.75) is 33.3 Å². The molecule has 0 fully saturated rings. The van der Waals surface area contributed by atoms with Crippen molar-refractivity contribution in [3.8, 4) is 0 Å². The number of amides is 1. The highest BCUT2D eigenvalue weighted by Gasteiger charge is 2.09. The monoisotopic (exact) mass is 217 g/mol. The minimum Gasteiger partial charge on any atom is -0.380 e. The average Bonchev–Trinajstić information content (AvgIpc) is 2.21. The Morgan fingerprint density at radius 1 is 1.27 bits per heavy atom. The van der Waals surface area contributed by atoms with Gasteiger partial charge in [-0.05, 0) is 19.3 Å². The molecular formula is C11H23NO3. The largest absolute Gasteiger partial charge is 0.380 e. The first kappa shape index (κ1) is 14.4. The Kier molecular flexibility index (Phi) is 8.33. The van der Waals surface area contributed by atoms with Gasteiger partial charge in [0, 0.05) is 20.3 Å². The van der Waals surface area contributed by atoms with Gasteiger partial charge in [-0.15, -0.1) is 0 Å². The second-order valence-electron chi connectivity index (χ2n) is 3.96. The van der Waals surface area contributed by atoms with Gasteiger partial charge in [0.05, 0.1) is 6.61 Å². The summed E-state index contributed by atoms with van der Waals surface area (Å²) in [6.07, 6.45) is 0.670. The van der Waals surface area contributed by atoms with E-state index in [1.807, 2.05) is 0 Å². The van der Waals surface area contributed by atoms with Crippen molar-refractivity contribution in [1.29, 1.82) is 0 Å². The van der Waals surface area contributed by atoms with E-state index in [4.69, 9.17) is 9.47 Å². The van der Waals surface area contributed by atoms with Crippen LogP contribution in [0, 0.1) is 5.92 Å². The first-order valence-electron chi connectivity index (χ1n) is 5.46. The van der Waals surface area contributed by atoms with E-state index in [9.17, 15) is 4.79 Å². The normalized spacial score (nSPS) is 12.9. The third-order valence-corrected chi connectivity index (χ3v) is 2.11. The summed E-state index contributed by atoms with van der Waals surface area (Å²) >= 11 is 0. The number of carbonyl (C=O) groups is 1. The first-order chi connectivity index (χ1) is 7.07. The smallest absolute Gasteiger partial charge is 0.248 e. The summed E-state index contributed by atoms with van der Waals surface area (Å²) in [6, 6.07) is 0. The molecule has 4 heteroatoms. The van der Waals surface area contributed by atoms with Crippen LogP contribution in [0.15, 0.2) is 0 Å². The number of hydrogen-bond acceptors (Lipinski definition) is 3. The van der Waals surface area contributed by atoms with E-state index in [1.165, 1.54) is 7.11 Å². The predicted molar refractivity (Wildman–Crippen MR) is 59.8 cm³/mol. The molecule has 0 heterocycles. The zero-order valence-electron chi connectivity index (χ0n) is 10.2. The fourth-order valence-corrected chi connectivity index (χ4v) is 0.918. The van der Waals surface area contributed by atoms with Gasteiger partial charge >= 0.3 is 0 Å².